The van der Waals surface area contributed by atoms with Crippen molar-refractivity contribution in [2.75, 3.05) is 12.1 Å². The van der Waals surface area contributed by atoms with Gasteiger partial charge >= 0.3 is 13.7 Å². The van der Waals surface area contributed by atoms with E-state index in [1.54, 1.807) is 19.1 Å². The average molecular weight is 304 g/mol. The standard InChI is InChI=1S/C10H14FN4O4P/c1-6(19-5-20(16,17)18)4-7-2-3-8-9(12)13-10(11)14-15(7)8/h2-3,6H,4-5H2,1H3,(H2,12,13,14)(H2,16,17,18). The van der Waals surface area contributed by atoms with Crippen molar-refractivity contribution in [1.29, 1.82) is 0 Å². The number of hydrogen-bond donors (Lipinski definition) is 3. The summed E-state index contributed by atoms with van der Waals surface area (Å²) in [6, 6.07) is 3.32. The average Bonchev–Trinajstić information content (AvgIpc) is 2.69. The molecule has 1 unspecified atom stereocenters. The van der Waals surface area contributed by atoms with Gasteiger partial charge in [0.1, 0.15) is 11.9 Å². The fourth-order valence-corrected chi connectivity index (χ4v) is 2.23. The number of nitrogens with two attached hydrogens (primary N) is 1. The second kappa shape index (κ2) is 5.45. The number of ether oxygens (including phenoxy) is 1. The molecule has 2 aromatic heterocycles. The fraction of sp³-hybridized carbons (Fsp3) is 0.400. The number of hydrogen-bond acceptors (Lipinski definition) is 5. The highest BCUT2D eigenvalue weighted by Crippen LogP contribution is 2.34. The summed E-state index contributed by atoms with van der Waals surface area (Å²) in [6.07, 6.45) is -1.79. The monoisotopic (exact) mass is 304 g/mol. The van der Waals surface area contributed by atoms with E-state index in [0.717, 1.165) is 0 Å². The molecule has 8 nitrogen and oxygen atoms in total. The van der Waals surface area contributed by atoms with Gasteiger partial charge in [-0.05, 0) is 19.1 Å². The maximum atomic E-state index is 13.1. The van der Waals surface area contributed by atoms with Crippen LogP contribution in [0.3, 0.4) is 0 Å². The molecule has 0 aliphatic rings. The van der Waals surface area contributed by atoms with Crippen molar-refractivity contribution < 1.29 is 23.5 Å². The van der Waals surface area contributed by atoms with Gasteiger partial charge in [0.2, 0.25) is 0 Å². The Morgan fingerprint density at radius 1 is 1.55 bits per heavy atom. The number of nitrogen functional groups attached to an aromatic ring is 1. The first-order valence-electron chi connectivity index (χ1n) is 5.72. The molecule has 0 radical (unpaired) electrons. The van der Waals surface area contributed by atoms with Gasteiger partial charge in [-0.2, -0.15) is 9.37 Å². The third-order valence-corrected chi connectivity index (χ3v) is 3.10. The van der Waals surface area contributed by atoms with Crippen molar-refractivity contribution in [3.8, 4) is 0 Å². The zero-order valence-corrected chi connectivity index (χ0v) is 11.5. The molecular weight excluding hydrogens is 290 g/mol. The highest BCUT2D eigenvalue weighted by Gasteiger charge is 2.17. The zero-order valence-electron chi connectivity index (χ0n) is 10.6. The van der Waals surface area contributed by atoms with Crippen molar-refractivity contribution in [3.63, 3.8) is 0 Å². The SMILES string of the molecule is CC(Cc1ccc2c(N)nc(F)nn12)OCP(=O)(O)O. The fourth-order valence-electron chi connectivity index (χ4n) is 1.78. The number of anilines is 1. The molecule has 2 heterocycles. The Morgan fingerprint density at radius 2 is 2.25 bits per heavy atom. The summed E-state index contributed by atoms with van der Waals surface area (Å²) < 4.78 is 30.2. The van der Waals surface area contributed by atoms with Crippen LogP contribution >= 0.6 is 7.60 Å². The van der Waals surface area contributed by atoms with Crippen LogP contribution in [-0.4, -0.2) is 36.8 Å². The first-order chi connectivity index (χ1) is 9.26. The van der Waals surface area contributed by atoms with E-state index in [-0.39, 0.29) is 5.82 Å². The topological polar surface area (TPSA) is 123 Å². The molecule has 0 amide bonds. The first-order valence-corrected chi connectivity index (χ1v) is 7.52. The predicted octanol–water partition coefficient (Wildman–Crippen LogP) is 0.533. The van der Waals surface area contributed by atoms with E-state index in [1.165, 1.54) is 4.52 Å². The van der Waals surface area contributed by atoms with E-state index in [1.807, 2.05) is 0 Å². The van der Waals surface area contributed by atoms with Gasteiger partial charge in [-0.1, -0.05) is 0 Å². The minimum atomic E-state index is -4.21. The molecule has 0 fully saturated rings. The first kappa shape index (κ1) is 14.9. The molecule has 2 rings (SSSR count). The Kier molecular flexibility index (Phi) is 4.05. The normalized spacial score (nSPS) is 13.8. The van der Waals surface area contributed by atoms with Crippen LogP contribution in [0.4, 0.5) is 10.2 Å². The lowest BCUT2D eigenvalue weighted by atomic mass is 10.2. The van der Waals surface area contributed by atoms with Crippen LogP contribution in [0, 0.1) is 6.08 Å². The lowest BCUT2D eigenvalue weighted by Crippen LogP contribution is -2.15. The van der Waals surface area contributed by atoms with Gasteiger partial charge in [0, 0.05) is 12.1 Å². The van der Waals surface area contributed by atoms with Crippen molar-refractivity contribution in [3.05, 3.63) is 23.9 Å². The summed E-state index contributed by atoms with van der Waals surface area (Å²) >= 11 is 0. The molecule has 1 atom stereocenters. The molecule has 10 heteroatoms. The van der Waals surface area contributed by atoms with E-state index >= 15 is 0 Å². The summed E-state index contributed by atoms with van der Waals surface area (Å²) in [7, 11) is -4.21. The molecule has 0 aliphatic heterocycles. The lowest BCUT2D eigenvalue weighted by molar-refractivity contribution is 0.0876. The highest BCUT2D eigenvalue weighted by atomic mass is 31.2. The van der Waals surface area contributed by atoms with Crippen LogP contribution in [0.1, 0.15) is 12.6 Å². The van der Waals surface area contributed by atoms with Crippen molar-refractivity contribution >= 4 is 18.9 Å². The predicted molar refractivity (Wildman–Crippen MR) is 68.5 cm³/mol. The van der Waals surface area contributed by atoms with E-state index in [4.69, 9.17) is 20.3 Å². The summed E-state index contributed by atoms with van der Waals surface area (Å²) in [4.78, 5) is 20.9. The maximum Gasteiger partial charge on any atom is 0.350 e. The Morgan fingerprint density at radius 3 is 2.90 bits per heavy atom. The Bertz CT molecular complexity index is 671. The van der Waals surface area contributed by atoms with Crippen molar-refractivity contribution in [2.45, 2.75) is 19.4 Å². The third-order valence-electron chi connectivity index (χ3n) is 2.62. The molecule has 0 aromatic carbocycles. The van der Waals surface area contributed by atoms with Gasteiger partial charge < -0.3 is 20.3 Å². The summed E-state index contributed by atoms with van der Waals surface area (Å²) in [5, 5.41) is 3.61. The van der Waals surface area contributed by atoms with Gasteiger partial charge in [-0.25, -0.2) is 4.52 Å². The lowest BCUT2D eigenvalue weighted by Gasteiger charge is -2.13. The van der Waals surface area contributed by atoms with Crippen LogP contribution < -0.4 is 5.73 Å². The maximum absolute atomic E-state index is 13.1. The second-order valence-corrected chi connectivity index (χ2v) is 5.95. The van der Waals surface area contributed by atoms with Crippen LogP contribution in [0.15, 0.2) is 12.1 Å². The van der Waals surface area contributed by atoms with Gasteiger partial charge in [-0.15, -0.1) is 5.10 Å². The molecule has 110 valence electrons. The molecule has 0 spiro atoms. The minimum absolute atomic E-state index is 0.0209. The molecule has 0 aliphatic carbocycles. The summed E-state index contributed by atoms with van der Waals surface area (Å²) in [5.74, 6) is 0.0209. The Balaban J connectivity index is 2.16. The van der Waals surface area contributed by atoms with Crippen LogP contribution in [0.5, 0.6) is 0 Å². The smallest absolute Gasteiger partial charge is 0.350 e. The number of aromatic nitrogens is 3. The highest BCUT2D eigenvalue weighted by molar-refractivity contribution is 7.51. The van der Waals surface area contributed by atoms with Gasteiger partial charge in [-0.3, -0.25) is 4.57 Å². The molecule has 0 saturated carbocycles. The quantitative estimate of drug-likeness (QED) is 0.688. The van der Waals surface area contributed by atoms with Crippen LogP contribution in [0.25, 0.3) is 5.52 Å². The van der Waals surface area contributed by atoms with Gasteiger partial charge in [0.25, 0.3) is 0 Å². The minimum Gasteiger partial charge on any atom is -0.382 e. The largest absolute Gasteiger partial charge is 0.382 e. The zero-order chi connectivity index (χ0) is 14.9. The number of halogens is 1. The molecule has 0 bridgehead atoms. The van der Waals surface area contributed by atoms with E-state index in [0.29, 0.717) is 17.6 Å². The molecule has 4 N–H and O–H groups in total. The van der Waals surface area contributed by atoms with Gasteiger partial charge in [0.05, 0.1) is 6.10 Å². The van der Waals surface area contributed by atoms with Crippen LogP contribution in [0.2, 0.25) is 0 Å². The van der Waals surface area contributed by atoms with Gasteiger partial charge in [0.15, 0.2) is 5.82 Å². The summed E-state index contributed by atoms with van der Waals surface area (Å²) in [6.45, 7) is 1.65. The van der Waals surface area contributed by atoms with E-state index in [2.05, 4.69) is 10.1 Å². The second-order valence-electron chi connectivity index (χ2n) is 4.36. The third kappa shape index (κ3) is 3.51. The molecular formula is C10H14FN4O4P. The Hall–Kier alpha value is -1.54. The number of fused-ring (bicyclic) bond motifs is 1. The van der Waals surface area contributed by atoms with E-state index < -0.39 is 26.1 Å². The van der Waals surface area contributed by atoms with Crippen molar-refractivity contribution in [1.82, 2.24) is 14.6 Å². The number of nitrogens with zero attached hydrogens (tertiary/aromatic N) is 3. The molecule has 20 heavy (non-hydrogen) atoms. The summed E-state index contributed by atoms with van der Waals surface area (Å²) in [5.41, 5.74) is 6.64. The van der Waals surface area contributed by atoms with Crippen LogP contribution in [-0.2, 0) is 15.7 Å². The van der Waals surface area contributed by atoms with E-state index in [9.17, 15) is 8.96 Å². The van der Waals surface area contributed by atoms with Crippen molar-refractivity contribution in [2.24, 2.45) is 0 Å². The molecule has 2 aromatic rings. The molecule has 0 saturated heterocycles. The Labute approximate surface area is 113 Å². The number of rotatable bonds is 5.